The highest BCUT2D eigenvalue weighted by atomic mass is 35.5. The summed E-state index contributed by atoms with van der Waals surface area (Å²) in [4.78, 5) is 0. The minimum Gasteiger partial charge on any atom is -0.449 e. The lowest BCUT2D eigenvalue weighted by molar-refractivity contribution is 0.103. The molecule has 0 amide bonds. The van der Waals surface area contributed by atoms with Gasteiger partial charge < -0.3 is 9.52 Å². The second kappa shape index (κ2) is 3.95. The summed E-state index contributed by atoms with van der Waals surface area (Å²) < 4.78 is 5.20. The molecule has 1 aliphatic rings. The molecule has 0 aromatic carbocycles. The van der Waals surface area contributed by atoms with Crippen molar-refractivity contribution in [3.63, 3.8) is 0 Å². The fourth-order valence-electron chi connectivity index (χ4n) is 1.26. The number of thioether (sulfide) groups is 1. The molecule has 1 heterocycles. The van der Waals surface area contributed by atoms with Crippen molar-refractivity contribution in [2.75, 3.05) is 0 Å². The topological polar surface area (TPSA) is 33.4 Å². The van der Waals surface area contributed by atoms with Gasteiger partial charge in [0.1, 0.15) is 5.76 Å². The number of hydrogen-bond donors (Lipinski definition) is 1. The van der Waals surface area contributed by atoms with E-state index in [2.05, 4.69) is 0 Å². The normalized spacial score (nSPS) is 27.2. The van der Waals surface area contributed by atoms with Crippen LogP contribution in [0, 0.1) is 0 Å². The maximum Gasteiger partial charge on any atom is 0.193 e. The second-order valence-electron chi connectivity index (χ2n) is 3.20. The van der Waals surface area contributed by atoms with Gasteiger partial charge in [-0.05, 0) is 36.6 Å². The van der Waals surface area contributed by atoms with Crippen LogP contribution in [0.4, 0.5) is 0 Å². The predicted molar refractivity (Wildman–Crippen MR) is 54.0 cm³/mol. The molecule has 1 fully saturated rings. The minimum atomic E-state index is -0.115. The number of halogens is 1. The quantitative estimate of drug-likeness (QED) is 0.847. The Bertz CT molecular complexity index is 287. The molecule has 2 rings (SSSR count). The Morgan fingerprint density at radius 3 is 2.85 bits per heavy atom. The molecule has 1 aromatic rings. The number of hydrogen-bond acceptors (Lipinski definition) is 3. The first-order valence-electron chi connectivity index (χ1n) is 4.29. The lowest BCUT2D eigenvalue weighted by atomic mass is 9.96. The summed E-state index contributed by atoms with van der Waals surface area (Å²) in [6.07, 6.45) is 1.94. The molecule has 0 saturated heterocycles. The monoisotopic (exact) mass is 218 g/mol. The zero-order chi connectivity index (χ0) is 9.26. The summed E-state index contributed by atoms with van der Waals surface area (Å²) in [6.45, 7) is 0. The van der Waals surface area contributed by atoms with E-state index >= 15 is 0 Å². The lowest BCUT2D eigenvalue weighted by Gasteiger charge is -2.31. The van der Waals surface area contributed by atoms with Gasteiger partial charge in [0.15, 0.2) is 5.22 Å². The van der Waals surface area contributed by atoms with Crippen molar-refractivity contribution in [3.05, 3.63) is 23.1 Å². The molecule has 13 heavy (non-hydrogen) atoms. The van der Waals surface area contributed by atoms with Gasteiger partial charge in [0.25, 0.3) is 0 Å². The third kappa shape index (κ3) is 2.22. The number of rotatable bonds is 3. The van der Waals surface area contributed by atoms with Crippen molar-refractivity contribution >= 4 is 23.4 Å². The van der Waals surface area contributed by atoms with Gasteiger partial charge in [-0.3, -0.25) is 0 Å². The van der Waals surface area contributed by atoms with Crippen LogP contribution in [-0.4, -0.2) is 16.5 Å². The van der Waals surface area contributed by atoms with Gasteiger partial charge in [0, 0.05) is 5.25 Å². The smallest absolute Gasteiger partial charge is 0.193 e. The lowest BCUT2D eigenvalue weighted by Crippen LogP contribution is -2.33. The largest absolute Gasteiger partial charge is 0.449 e. The SMILES string of the molecule is OC1CCC1SCc1ccc(Cl)o1. The average Bonchev–Trinajstić information content (AvgIpc) is 2.49. The first-order valence-corrected chi connectivity index (χ1v) is 5.72. The Balaban J connectivity index is 1.79. The fourth-order valence-corrected chi connectivity index (χ4v) is 2.62. The first kappa shape index (κ1) is 9.44. The first-order chi connectivity index (χ1) is 6.25. The van der Waals surface area contributed by atoms with Gasteiger partial charge in [0.05, 0.1) is 11.9 Å². The van der Waals surface area contributed by atoms with Crippen LogP contribution in [0.3, 0.4) is 0 Å². The van der Waals surface area contributed by atoms with Crippen molar-refractivity contribution < 1.29 is 9.52 Å². The number of aliphatic hydroxyl groups excluding tert-OH is 1. The summed E-state index contributed by atoms with van der Waals surface area (Å²) in [5, 5.41) is 10.1. The molecule has 0 aliphatic heterocycles. The molecule has 4 heteroatoms. The molecule has 0 spiro atoms. The molecule has 0 bridgehead atoms. The molecule has 72 valence electrons. The van der Waals surface area contributed by atoms with E-state index in [0.717, 1.165) is 24.4 Å². The van der Waals surface area contributed by atoms with Gasteiger partial charge >= 0.3 is 0 Å². The van der Waals surface area contributed by atoms with Crippen LogP contribution in [0.5, 0.6) is 0 Å². The zero-order valence-corrected chi connectivity index (χ0v) is 8.64. The summed E-state index contributed by atoms with van der Waals surface area (Å²) in [7, 11) is 0. The Labute approximate surface area is 86.3 Å². The molecule has 1 aliphatic carbocycles. The predicted octanol–water partition coefficient (Wildman–Crippen LogP) is 2.69. The molecule has 1 saturated carbocycles. The van der Waals surface area contributed by atoms with Crippen LogP contribution >= 0.6 is 23.4 Å². The average molecular weight is 219 g/mol. The number of furan rings is 1. The van der Waals surface area contributed by atoms with E-state index in [1.54, 1.807) is 17.8 Å². The van der Waals surface area contributed by atoms with E-state index in [1.165, 1.54) is 0 Å². The summed E-state index contributed by atoms with van der Waals surface area (Å²) in [5.74, 6) is 1.68. The van der Waals surface area contributed by atoms with Gasteiger partial charge in [-0.15, -0.1) is 11.8 Å². The van der Waals surface area contributed by atoms with E-state index in [4.69, 9.17) is 16.0 Å². The van der Waals surface area contributed by atoms with E-state index in [1.807, 2.05) is 6.07 Å². The molecule has 2 unspecified atom stereocenters. The Kier molecular flexibility index (Phi) is 2.86. The highest BCUT2D eigenvalue weighted by Gasteiger charge is 2.29. The maximum absolute atomic E-state index is 9.31. The van der Waals surface area contributed by atoms with Gasteiger partial charge in [-0.2, -0.15) is 0 Å². The van der Waals surface area contributed by atoms with Gasteiger partial charge in [-0.1, -0.05) is 0 Å². The van der Waals surface area contributed by atoms with Crippen molar-refractivity contribution in [3.8, 4) is 0 Å². The molecule has 2 nitrogen and oxygen atoms in total. The third-order valence-corrected chi connectivity index (χ3v) is 3.88. The van der Waals surface area contributed by atoms with Crippen molar-refractivity contribution in [1.29, 1.82) is 0 Å². The van der Waals surface area contributed by atoms with Crippen LogP contribution in [-0.2, 0) is 5.75 Å². The third-order valence-electron chi connectivity index (χ3n) is 2.24. The highest BCUT2D eigenvalue weighted by molar-refractivity contribution is 7.99. The van der Waals surface area contributed by atoms with Crippen molar-refractivity contribution in [1.82, 2.24) is 0 Å². The fraction of sp³-hybridized carbons (Fsp3) is 0.556. The van der Waals surface area contributed by atoms with Crippen LogP contribution in [0.1, 0.15) is 18.6 Å². The van der Waals surface area contributed by atoms with Crippen LogP contribution in [0.25, 0.3) is 0 Å². The Morgan fingerprint density at radius 1 is 1.54 bits per heavy atom. The molecule has 1 aromatic heterocycles. The highest BCUT2D eigenvalue weighted by Crippen LogP contribution is 2.34. The second-order valence-corrected chi connectivity index (χ2v) is 4.80. The van der Waals surface area contributed by atoms with Gasteiger partial charge in [-0.25, -0.2) is 0 Å². The standard InChI is InChI=1S/C9H11ClO2S/c10-9-4-1-6(12-9)5-13-8-3-2-7(8)11/h1,4,7-8,11H,2-3,5H2. The Hall–Kier alpha value is -0.120. The summed E-state index contributed by atoms with van der Waals surface area (Å²) in [5.41, 5.74) is 0. The van der Waals surface area contributed by atoms with E-state index < -0.39 is 0 Å². The minimum absolute atomic E-state index is 0.115. The van der Waals surface area contributed by atoms with Crippen LogP contribution in [0.2, 0.25) is 5.22 Å². The van der Waals surface area contributed by atoms with E-state index in [0.29, 0.717) is 10.5 Å². The molecule has 0 radical (unpaired) electrons. The summed E-state index contributed by atoms with van der Waals surface area (Å²) in [6, 6.07) is 3.62. The molecular formula is C9H11ClO2S. The van der Waals surface area contributed by atoms with Crippen molar-refractivity contribution in [2.45, 2.75) is 29.9 Å². The van der Waals surface area contributed by atoms with E-state index in [9.17, 15) is 5.11 Å². The van der Waals surface area contributed by atoms with Crippen molar-refractivity contribution in [2.24, 2.45) is 0 Å². The summed E-state index contributed by atoms with van der Waals surface area (Å²) >= 11 is 7.36. The van der Waals surface area contributed by atoms with Crippen LogP contribution in [0.15, 0.2) is 16.5 Å². The molecule has 2 atom stereocenters. The molecular weight excluding hydrogens is 208 g/mol. The van der Waals surface area contributed by atoms with Crippen LogP contribution < -0.4 is 0 Å². The van der Waals surface area contributed by atoms with Gasteiger partial charge in [0.2, 0.25) is 0 Å². The Morgan fingerprint density at radius 2 is 2.38 bits per heavy atom. The van der Waals surface area contributed by atoms with E-state index in [-0.39, 0.29) is 6.10 Å². The zero-order valence-electron chi connectivity index (χ0n) is 7.07. The maximum atomic E-state index is 9.31. The molecule has 1 N–H and O–H groups in total. The number of aliphatic hydroxyl groups is 1.